The lowest BCUT2D eigenvalue weighted by atomic mass is 10.0. The molecule has 8 nitrogen and oxygen atoms in total. The van der Waals surface area contributed by atoms with Crippen LogP contribution in [0.15, 0.2) is 42.6 Å². The van der Waals surface area contributed by atoms with Gasteiger partial charge in [-0.1, -0.05) is 24.3 Å². The summed E-state index contributed by atoms with van der Waals surface area (Å²) >= 11 is 0. The molecule has 0 spiro atoms. The van der Waals surface area contributed by atoms with Crippen LogP contribution >= 0.6 is 0 Å². The molecule has 2 saturated heterocycles. The summed E-state index contributed by atoms with van der Waals surface area (Å²) in [5, 5.41) is 16.1. The van der Waals surface area contributed by atoms with Crippen LogP contribution < -0.4 is 15.0 Å². The highest BCUT2D eigenvalue weighted by molar-refractivity contribution is 5.99. The van der Waals surface area contributed by atoms with E-state index in [-0.39, 0.29) is 23.0 Å². The molecule has 2 aliphatic rings. The number of fused-ring (bicyclic) bond motifs is 4. The molecule has 6 rings (SSSR count). The second-order valence-corrected chi connectivity index (χ2v) is 9.92. The second-order valence-electron chi connectivity index (χ2n) is 9.92. The van der Waals surface area contributed by atoms with Crippen LogP contribution in [0.5, 0.6) is 11.8 Å². The van der Waals surface area contributed by atoms with Gasteiger partial charge in [0.25, 0.3) is 0 Å². The molecule has 2 aromatic carbocycles. The van der Waals surface area contributed by atoms with Crippen molar-refractivity contribution < 1.29 is 14.2 Å². The van der Waals surface area contributed by atoms with Crippen molar-refractivity contribution in [1.82, 2.24) is 25.2 Å². The topological polar surface area (TPSA) is 86.6 Å². The number of hydrogen-bond acceptors (Lipinski definition) is 8. The average molecular weight is 489 g/mol. The van der Waals surface area contributed by atoms with Crippen LogP contribution in [0.4, 0.5) is 10.2 Å². The Morgan fingerprint density at radius 3 is 2.67 bits per heavy atom. The van der Waals surface area contributed by atoms with Gasteiger partial charge in [0, 0.05) is 43.5 Å². The molecule has 0 aliphatic carbocycles. The van der Waals surface area contributed by atoms with Crippen LogP contribution in [0.2, 0.25) is 0 Å². The number of nitrogens with one attached hydrogen (secondary N) is 1. The van der Waals surface area contributed by atoms with E-state index in [2.05, 4.69) is 20.2 Å². The van der Waals surface area contributed by atoms with Crippen molar-refractivity contribution in [2.45, 2.75) is 24.9 Å². The molecular formula is C27H29FN6O2. The number of piperazine rings is 1. The Labute approximate surface area is 208 Å². The summed E-state index contributed by atoms with van der Waals surface area (Å²) in [5.74, 6) is 0.150. The first-order chi connectivity index (χ1) is 17.5. The minimum Gasteiger partial charge on any atom is -0.508 e. The molecule has 2 N–H and O–H groups in total. The molecule has 2 bridgehead atoms. The number of rotatable bonds is 6. The van der Waals surface area contributed by atoms with Gasteiger partial charge >= 0.3 is 6.01 Å². The zero-order chi connectivity index (χ0) is 24.8. The van der Waals surface area contributed by atoms with Gasteiger partial charge in [0.15, 0.2) is 5.82 Å². The maximum Gasteiger partial charge on any atom is 0.319 e. The number of pyridine rings is 1. The third-order valence-corrected chi connectivity index (χ3v) is 7.03. The van der Waals surface area contributed by atoms with Crippen LogP contribution in [0, 0.1) is 5.82 Å². The van der Waals surface area contributed by atoms with Gasteiger partial charge in [-0.05, 0) is 49.8 Å². The van der Waals surface area contributed by atoms with Gasteiger partial charge in [-0.25, -0.2) is 4.39 Å². The summed E-state index contributed by atoms with van der Waals surface area (Å²) in [5.41, 5.74) is 0.822. The predicted octanol–water partition coefficient (Wildman–Crippen LogP) is 3.57. The Bertz CT molecular complexity index is 1430. The molecule has 2 aromatic heterocycles. The maximum absolute atomic E-state index is 16.2. The van der Waals surface area contributed by atoms with E-state index in [1.54, 1.807) is 18.3 Å². The number of phenols is 1. The fraction of sp³-hybridized carbons (Fsp3) is 0.370. The fourth-order valence-electron chi connectivity index (χ4n) is 5.30. The third kappa shape index (κ3) is 4.18. The minimum atomic E-state index is -0.553. The molecule has 2 atom stereocenters. The van der Waals surface area contributed by atoms with E-state index in [1.165, 1.54) is 0 Å². The predicted molar refractivity (Wildman–Crippen MR) is 138 cm³/mol. The van der Waals surface area contributed by atoms with Crippen molar-refractivity contribution in [3.8, 4) is 23.0 Å². The third-order valence-electron chi connectivity index (χ3n) is 7.03. The quantitative estimate of drug-likeness (QED) is 0.426. The molecule has 0 unspecified atom stereocenters. The van der Waals surface area contributed by atoms with Gasteiger partial charge in [-0.2, -0.15) is 9.97 Å². The van der Waals surface area contributed by atoms with Crippen molar-refractivity contribution in [2.24, 2.45) is 0 Å². The van der Waals surface area contributed by atoms with Gasteiger partial charge in [0.2, 0.25) is 0 Å². The number of nitrogens with zero attached hydrogens (tertiary/aromatic N) is 5. The molecular weight excluding hydrogens is 459 g/mol. The lowest BCUT2D eigenvalue weighted by molar-refractivity contribution is 0.246. The number of aromatic hydroxyl groups is 1. The first-order valence-electron chi connectivity index (χ1n) is 12.3. The summed E-state index contributed by atoms with van der Waals surface area (Å²) in [7, 11) is 3.92. The highest BCUT2D eigenvalue weighted by Crippen LogP contribution is 2.37. The Morgan fingerprint density at radius 2 is 1.89 bits per heavy atom. The first-order valence-corrected chi connectivity index (χ1v) is 12.3. The average Bonchev–Trinajstić information content (AvgIpc) is 3.20. The number of aromatic nitrogens is 3. The Hall–Kier alpha value is -3.56. The standard InChI is InChI=1S/C27H29FN6O2/c1-33(2)9-10-36-27-31-25-22(26(32-27)34-14-17-7-8-18(15-34)30-17)13-29-24(23(25)28)21-12-19(35)11-16-5-3-4-6-20(16)21/h3-6,11-13,17-18,30,35H,7-10,14-15H2,1-2H3/t17-,18+. The second kappa shape index (κ2) is 9.15. The van der Waals surface area contributed by atoms with E-state index in [4.69, 9.17) is 9.72 Å². The van der Waals surface area contributed by atoms with Crippen LogP contribution in [-0.4, -0.2) is 77.4 Å². The lowest BCUT2D eigenvalue weighted by Crippen LogP contribution is -2.51. The number of halogens is 1. The number of benzene rings is 2. The number of anilines is 1. The molecule has 2 fully saturated rings. The Balaban J connectivity index is 1.50. The molecule has 2 aliphatic heterocycles. The number of ether oxygens (including phenoxy) is 1. The van der Waals surface area contributed by atoms with Gasteiger partial charge < -0.3 is 25.0 Å². The van der Waals surface area contributed by atoms with Crippen LogP contribution in [0.3, 0.4) is 0 Å². The molecule has 9 heteroatoms. The van der Waals surface area contributed by atoms with Crippen molar-refractivity contribution >= 4 is 27.5 Å². The van der Waals surface area contributed by atoms with Crippen molar-refractivity contribution in [3.63, 3.8) is 0 Å². The smallest absolute Gasteiger partial charge is 0.319 e. The van der Waals surface area contributed by atoms with Gasteiger partial charge in [-0.3, -0.25) is 4.98 Å². The van der Waals surface area contributed by atoms with Crippen molar-refractivity contribution in [2.75, 3.05) is 45.2 Å². The first kappa shape index (κ1) is 22.9. The lowest BCUT2D eigenvalue weighted by Gasteiger charge is -2.34. The maximum atomic E-state index is 16.2. The fourth-order valence-corrected chi connectivity index (χ4v) is 5.30. The van der Waals surface area contributed by atoms with E-state index in [1.807, 2.05) is 43.3 Å². The summed E-state index contributed by atoms with van der Waals surface area (Å²) in [6, 6.07) is 11.7. The summed E-state index contributed by atoms with van der Waals surface area (Å²) in [4.78, 5) is 18.0. The van der Waals surface area contributed by atoms with Crippen LogP contribution in [0.25, 0.3) is 32.9 Å². The molecule has 186 valence electrons. The number of phenolic OH excluding ortho intramolecular Hbond substituents is 1. The van der Waals surface area contributed by atoms with Crippen LogP contribution in [0.1, 0.15) is 12.8 Å². The highest BCUT2D eigenvalue weighted by atomic mass is 19.1. The van der Waals surface area contributed by atoms with E-state index in [9.17, 15) is 5.11 Å². The van der Waals surface area contributed by atoms with E-state index in [0.29, 0.717) is 42.0 Å². The van der Waals surface area contributed by atoms with E-state index >= 15 is 4.39 Å². The molecule has 4 aromatic rings. The molecule has 0 saturated carbocycles. The molecule has 0 amide bonds. The van der Waals surface area contributed by atoms with E-state index in [0.717, 1.165) is 36.7 Å². The summed E-state index contributed by atoms with van der Waals surface area (Å²) in [6.07, 6.45) is 3.89. The van der Waals surface area contributed by atoms with Crippen LogP contribution in [-0.2, 0) is 0 Å². The van der Waals surface area contributed by atoms with Gasteiger partial charge in [0.05, 0.1) is 5.39 Å². The molecule has 0 radical (unpaired) electrons. The zero-order valence-corrected chi connectivity index (χ0v) is 20.4. The Kier molecular flexibility index (Phi) is 5.81. The summed E-state index contributed by atoms with van der Waals surface area (Å²) < 4.78 is 22.1. The van der Waals surface area contributed by atoms with Crippen molar-refractivity contribution in [3.05, 3.63) is 48.4 Å². The minimum absolute atomic E-state index is 0.0531. The monoisotopic (exact) mass is 488 g/mol. The number of hydrogen-bond donors (Lipinski definition) is 2. The molecule has 4 heterocycles. The normalized spacial score (nSPS) is 19.5. The van der Waals surface area contributed by atoms with Gasteiger partial charge in [0.1, 0.15) is 29.4 Å². The van der Waals surface area contributed by atoms with Gasteiger partial charge in [-0.15, -0.1) is 0 Å². The zero-order valence-electron chi connectivity index (χ0n) is 20.4. The highest BCUT2D eigenvalue weighted by Gasteiger charge is 2.34. The molecule has 36 heavy (non-hydrogen) atoms. The number of likely N-dealkylation sites (N-methyl/N-ethyl adjacent to an activating group) is 1. The van der Waals surface area contributed by atoms with E-state index < -0.39 is 5.82 Å². The summed E-state index contributed by atoms with van der Waals surface area (Å²) in [6.45, 7) is 2.66. The Morgan fingerprint density at radius 1 is 1.11 bits per heavy atom. The SMILES string of the molecule is CN(C)CCOc1nc(N2C[C@H]3CC[C@@H](C2)N3)c2cnc(-c3cc(O)cc4ccccc34)c(F)c2n1. The largest absolute Gasteiger partial charge is 0.508 e. The van der Waals surface area contributed by atoms with Crippen molar-refractivity contribution in [1.29, 1.82) is 0 Å².